The van der Waals surface area contributed by atoms with Gasteiger partial charge in [-0.25, -0.2) is 4.79 Å². The van der Waals surface area contributed by atoms with Gasteiger partial charge >= 0.3 is 5.97 Å². The Kier molecular flexibility index (Phi) is 7.75. The summed E-state index contributed by atoms with van der Waals surface area (Å²) in [5, 5.41) is 5.91. The molecule has 128 valence electrons. The molecule has 1 aromatic carbocycles. The minimum atomic E-state index is -0.326. The van der Waals surface area contributed by atoms with Gasteiger partial charge in [-0.15, -0.1) is 0 Å². The maximum absolute atomic E-state index is 11.8. The number of esters is 1. The van der Waals surface area contributed by atoms with E-state index in [1.165, 1.54) is 0 Å². The van der Waals surface area contributed by atoms with Crippen LogP contribution in [0.3, 0.4) is 0 Å². The zero-order chi connectivity index (χ0) is 17.3. The fourth-order valence-electron chi connectivity index (χ4n) is 1.84. The molecule has 0 bridgehead atoms. The molecule has 0 atom stereocenters. The van der Waals surface area contributed by atoms with Crippen LogP contribution in [0.5, 0.6) is 0 Å². The third kappa shape index (κ3) is 8.35. The van der Waals surface area contributed by atoms with Crippen molar-refractivity contribution < 1.29 is 14.3 Å². The standard InChI is InChI=1S/C18H28N2O3/c1-5-6-7-12-23-17(22)14-8-10-15(11-9-14)20-16(21)13-19-18(2,3)4/h8-11,19H,5-7,12-13H2,1-4H3,(H,20,21). The van der Waals surface area contributed by atoms with Gasteiger partial charge in [0.05, 0.1) is 18.7 Å². The third-order valence-corrected chi connectivity index (χ3v) is 3.16. The van der Waals surface area contributed by atoms with Gasteiger partial charge in [0.15, 0.2) is 0 Å². The van der Waals surface area contributed by atoms with Crippen LogP contribution in [-0.4, -0.2) is 30.6 Å². The zero-order valence-electron chi connectivity index (χ0n) is 14.6. The first kappa shape index (κ1) is 19.2. The molecule has 0 saturated carbocycles. The van der Waals surface area contributed by atoms with Crippen molar-refractivity contribution in [3.63, 3.8) is 0 Å². The number of amides is 1. The second kappa shape index (κ2) is 9.30. The molecular formula is C18H28N2O3. The van der Waals surface area contributed by atoms with Crippen LogP contribution in [0.25, 0.3) is 0 Å². The maximum Gasteiger partial charge on any atom is 0.338 e. The van der Waals surface area contributed by atoms with Crippen molar-refractivity contribution in [1.82, 2.24) is 5.32 Å². The number of nitrogens with one attached hydrogen (secondary N) is 2. The average molecular weight is 320 g/mol. The van der Waals surface area contributed by atoms with Crippen LogP contribution in [0.2, 0.25) is 0 Å². The first-order valence-electron chi connectivity index (χ1n) is 8.14. The van der Waals surface area contributed by atoms with E-state index >= 15 is 0 Å². The Hall–Kier alpha value is -1.88. The van der Waals surface area contributed by atoms with Gasteiger partial charge in [0.1, 0.15) is 0 Å². The molecule has 0 aliphatic rings. The summed E-state index contributed by atoms with van der Waals surface area (Å²) in [6.45, 7) is 8.80. The predicted molar refractivity (Wildman–Crippen MR) is 92.6 cm³/mol. The molecule has 5 heteroatoms. The molecule has 5 nitrogen and oxygen atoms in total. The summed E-state index contributed by atoms with van der Waals surface area (Å²) < 4.78 is 5.19. The summed E-state index contributed by atoms with van der Waals surface area (Å²) in [5.74, 6) is -0.441. The van der Waals surface area contributed by atoms with Crippen LogP contribution < -0.4 is 10.6 Å². The molecule has 23 heavy (non-hydrogen) atoms. The molecule has 0 aromatic heterocycles. The van der Waals surface area contributed by atoms with E-state index in [0.717, 1.165) is 19.3 Å². The molecule has 0 spiro atoms. The summed E-state index contributed by atoms with van der Waals surface area (Å²) in [6, 6.07) is 6.74. The molecule has 1 amide bonds. The molecular weight excluding hydrogens is 292 g/mol. The Morgan fingerprint density at radius 1 is 1.09 bits per heavy atom. The first-order valence-corrected chi connectivity index (χ1v) is 8.14. The highest BCUT2D eigenvalue weighted by Gasteiger charge is 2.12. The monoisotopic (exact) mass is 320 g/mol. The van der Waals surface area contributed by atoms with Gasteiger partial charge in [-0.05, 0) is 51.5 Å². The lowest BCUT2D eigenvalue weighted by Gasteiger charge is -2.20. The van der Waals surface area contributed by atoms with Crippen LogP contribution >= 0.6 is 0 Å². The lowest BCUT2D eigenvalue weighted by atomic mass is 10.1. The van der Waals surface area contributed by atoms with Crippen molar-refractivity contribution in [3.05, 3.63) is 29.8 Å². The average Bonchev–Trinajstić information content (AvgIpc) is 2.49. The van der Waals surface area contributed by atoms with Crippen LogP contribution in [-0.2, 0) is 9.53 Å². The highest BCUT2D eigenvalue weighted by atomic mass is 16.5. The van der Waals surface area contributed by atoms with Crippen molar-refractivity contribution in [2.24, 2.45) is 0 Å². The largest absolute Gasteiger partial charge is 0.462 e. The van der Waals surface area contributed by atoms with Crippen molar-refractivity contribution in [2.45, 2.75) is 52.5 Å². The van der Waals surface area contributed by atoms with Gasteiger partial charge in [-0.3, -0.25) is 4.79 Å². The summed E-state index contributed by atoms with van der Waals surface area (Å²) >= 11 is 0. The second-order valence-corrected chi connectivity index (χ2v) is 6.57. The van der Waals surface area contributed by atoms with E-state index in [2.05, 4.69) is 17.6 Å². The number of benzene rings is 1. The minimum absolute atomic E-state index is 0.108. The van der Waals surface area contributed by atoms with Gasteiger partial charge < -0.3 is 15.4 Å². The van der Waals surface area contributed by atoms with Crippen LogP contribution in [0.1, 0.15) is 57.3 Å². The quantitative estimate of drug-likeness (QED) is 0.569. The Balaban J connectivity index is 2.43. The lowest BCUT2D eigenvalue weighted by Crippen LogP contribution is -2.41. The van der Waals surface area contributed by atoms with E-state index in [1.54, 1.807) is 24.3 Å². The van der Waals surface area contributed by atoms with E-state index in [-0.39, 0.29) is 24.0 Å². The van der Waals surface area contributed by atoms with Crippen molar-refractivity contribution in [3.8, 4) is 0 Å². The molecule has 1 aromatic rings. The molecule has 2 N–H and O–H groups in total. The van der Waals surface area contributed by atoms with Crippen LogP contribution in [0, 0.1) is 0 Å². The summed E-state index contributed by atoms with van der Waals surface area (Å²) in [4.78, 5) is 23.7. The topological polar surface area (TPSA) is 67.4 Å². The summed E-state index contributed by atoms with van der Waals surface area (Å²) in [7, 11) is 0. The normalized spacial score (nSPS) is 11.1. The van der Waals surface area contributed by atoms with Gasteiger partial charge in [0.25, 0.3) is 0 Å². The fraction of sp³-hybridized carbons (Fsp3) is 0.556. The van der Waals surface area contributed by atoms with Crippen molar-refractivity contribution in [2.75, 3.05) is 18.5 Å². The third-order valence-electron chi connectivity index (χ3n) is 3.16. The lowest BCUT2D eigenvalue weighted by molar-refractivity contribution is -0.115. The van der Waals surface area contributed by atoms with E-state index in [0.29, 0.717) is 17.9 Å². The highest BCUT2D eigenvalue weighted by molar-refractivity contribution is 5.94. The Labute approximate surface area is 138 Å². The maximum atomic E-state index is 11.8. The number of hydrogen-bond donors (Lipinski definition) is 2. The number of rotatable bonds is 8. The Bertz CT molecular complexity index is 504. The molecule has 0 unspecified atom stereocenters. The second-order valence-electron chi connectivity index (χ2n) is 6.57. The highest BCUT2D eigenvalue weighted by Crippen LogP contribution is 2.11. The minimum Gasteiger partial charge on any atom is -0.462 e. The van der Waals surface area contributed by atoms with Crippen LogP contribution in [0.4, 0.5) is 5.69 Å². The van der Waals surface area contributed by atoms with Gasteiger partial charge in [0.2, 0.25) is 5.91 Å². The fourth-order valence-corrected chi connectivity index (χ4v) is 1.84. The first-order chi connectivity index (χ1) is 10.8. The molecule has 0 aliphatic carbocycles. The SMILES string of the molecule is CCCCCOC(=O)c1ccc(NC(=O)CNC(C)(C)C)cc1. The molecule has 0 aliphatic heterocycles. The van der Waals surface area contributed by atoms with Crippen molar-refractivity contribution >= 4 is 17.6 Å². The summed E-state index contributed by atoms with van der Waals surface area (Å²) in [6.07, 6.45) is 3.04. The zero-order valence-corrected chi connectivity index (χ0v) is 14.6. The molecule has 0 radical (unpaired) electrons. The number of carbonyl (C=O) groups is 2. The summed E-state index contributed by atoms with van der Waals surface area (Å²) in [5.41, 5.74) is 1.04. The van der Waals surface area contributed by atoms with Gasteiger partial charge in [-0.1, -0.05) is 19.8 Å². The molecule has 1 rings (SSSR count). The Morgan fingerprint density at radius 2 is 1.74 bits per heavy atom. The number of hydrogen-bond acceptors (Lipinski definition) is 4. The van der Waals surface area contributed by atoms with Gasteiger partial charge in [0, 0.05) is 11.2 Å². The van der Waals surface area contributed by atoms with E-state index in [9.17, 15) is 9.59 Å². The van der Waals surface area contributed by atoms with Crippen molar-refractivity contribution in [1.29, 1.82) is 0 Å². The molecule has 0 heterocycles. The number of ether oxygens (including phenoxy) is 1. The smallest absolute Gasteiger partial charge is 0.338 e. The predicted octanol–water partition coefficient (Wildman–Crippen LogP) is 3.36. The number of unbranched alkanes of at least 4 members (excludes halogenated alkanes) is 2. The van der Waals surface area contributed by atoms with E-state index < -0.39 is 0 Å². The van der Waals surface area contributed by atoms with E-state index in [4.69, 9.17) is 4.74 Å². The van der Waals surface area contributed by atoms with Crippen LogP contribution in [0.15, 0.2) is 24.3 Å². The number of anilines is 1. The molecule has 0 saturated heterocycles. The molecule has 0 fully saturated rings. The van der Waals surface area contributed by atoms with E-state index in [1.807, 2.05) is 20.8 Å². The Morgan fingerprint density at radius 3 is 2.30 bits per heavy atom. The van der Waals surface area contributed by atoms with Gasteiger partial charge in [-0.2, -0.15) is 0 Å². The number of carbonyl (C=O) groups excluding carboxylic acids is 2.